The van der Waals surface area contributed by atoms with Crippen LogP contribution in [0, 0.1) is 5.92 Å². The van der Waals surface area contributed by atoms with E-state index in [2.05, 4.69) is 0 Å². The topological polar surface area (TPSA) is 101 Å². The molecule has 1 aliphatic rings. The maximum Gasteiger partial charge on any atom is 0.321 e. The van der Waals surface area contributed by atoms with Gasteiger partial charge in [0, 0.05) is 18.7 Å². The van der Waals surface area contributed by atoms with Crippen LogP contribution in [0.1, 0.15) is 18.5 Å². The second kappa shape index (κ2) is 10.2. The number of para-hydroxylation sites is 2. The maximum absolute atomic E-state index is 13.9. The number of ether oxygens (including phenoxy) is 5. The SMILES string of the molecule is CCOC(=O)[C@@H]1C(=O)N(CCOC)c2nc3ccccc3n2[C@@H]1c1cc(OC)c(OC)cc1OC. The first-order chi connectivity index (χ1) is 17.0. The molecule has 2 atom stereocenters. The smallest absolute Gasteiger partial charge is 0.321 e. The molecule has 2 aromatic carbocycles. The third-order valence-electron chi connectivity index (χ3n) is 6.06. The molecule has 0 fully saturated rings. The van der Waals surface area contributed by atoms with Crippen LogP contribution >= 0.6 is 0 Å². The van der Waals surface area contributed by atoms with Gasteiger partial charge in [0.2, 0.25) is 11.9 Å². The molecule has 186 valence electrons. The number of aromatic nitrogens is 2. The highest BCUT2D eigenvalue weighted by atomic mass is 16.5. The van der Waals surface area contributed by atoms with Crippen molar-refractivity contribution in [3.63, 3.8) is 0 Å². The second-order valence-electron chi connectivity index (χ2n) is 7.88. The highest BCUT2D eigenvalue weighted by molar-refractivity contribution is 6.08. The van der Waals surface area contributed by atoms with E-state index in [9.17, 15) is 9.59 Å². The number of hydrogen-bond donors (Lipinski definition) is 0. The van der Waals surface area contributed by atoms with Crippen LogP contribution in [-0.2, 0) is 19.1 Å². The number of amides is 1. The highest BCUT2D eigenvalue weighted by Gasteiger charge is 2.49. The van der Waals surface area contributed by atoms with Gasteiger partial charge in [-0.3, -0.25) is 14.5 Å². The molecule has 1 aliphatic heterocycles. The first-order valence-electron chi connectivity index (χ1n) is 11.2. The van der Waals surface area contributed by atoms with Crippen molar-refractivity contribution < 1.29 is 33.3 Å². The van der Waals surface area contributed by atoms with Crippen LogP contribution in [0.3, 0.4) is 0 Å². The summed E-state index contributed by atoms with van der Waals surface area (Å²) < 4.78 is 29.2. The Morgan fingerprint density at radius 1 is 1.00 bits per heavy atom. The van der Waals surface area contributed by atoms with E-state index < -0.39 is 23.8 Å². The highest BCUT2D eigenvalue weighted by Crippen LogP contribution is 2.46. The van der Waals surface area contributed by atoms with Crippen molar-refractivity contribution in [1.29, 1.82) is 0 Å². The van der Waals surface area contributed by atoms with Gasteiger partial charge in [-0.1, -0.05) is 12.1 Å². The van der Waals surface area contributed by atoms with Crippen molar-refractivity contribution in [1.82, 2.24) is 9.55 Å². The molecule has 0 spiro atoms. The van der Waals surface area contributed by atoms with Gasteiger partial charge in [-0.15, -0.1) is 0 Å². The minimum atomic E-state index is -1.19. The molecular weight excluding hydrogens is 454 g/mol. The summed E-state index contributed by atoms with van der Waals surface area (Å²) in [6, 6.07) is 10.1. The van der Waals surface area contributed by atoms with Crippen molar-refractivity contribution in [3.8, 4) is 17.2 Å². The van der Waals surface area contributed by atoms with Crippen LogP contribution < -0.4 is 19.1 Å². The molecule has 1 aromatic heterocycles. The number of rotatable bonds is 9. The molecule has 2 heterocycles. The summed E-state index contributed by atoms with van der Waals surface area (Å²) in [6.45, 7) is 2.34. The van der Waals surface area contributed by atoms with Crippen molar-refractivity contribution >= 4 is 28.9 Å². The zero-order valence-electron chi connectivity index (χ0n) is 20.4. The summed E-state index contributed by atoms with van der Waals surface area (Å²) in [5.41, 5.74) is 2.01. The van der Waals surface area contributed by atoms with Crippen LogP contribution in [0.25, 0.3) is 11.0 Å². The third-order valence-corrected chi connectivity index (χ3v) is 6.06. The fourth-order valence-corrected chi connectivity index (χ4v) is 4.50. The van der Waals surface area contributed by atoms with Gasteiger partial charge in [-0.25, -0.2) is 4.98 Å². The average molecular weight is 484 g/mol. The Hall–Kier alpha value is -3.79. The average Bonchev–Trinajstić information content (AvgIpc) is 3.26. The molecule has 1 amide bonds. The van der Waals surface area contributed by atoms with E-state index in [-0.39, 0.29) is 19.8 Å². The molecule has 4 rings (SSSR count). The van der Waals surface area contributed by atoms with E-state index in [0.717, 1.165) is 5.52 Å². The zero-order chi connectivity index (χ0) is 25.1. The minimum Gasteiger partial charge on any atom is -0.496 e. The Morgan fingerprint density at radius 2 is 1.69 bits per heavy atom. The predicted molar refractivity (Wildman–Crippen MR) is 128 cm³/mol. The van der Waals surface area contributed by atoms with Crippen LogP contribution in [0.5, 0.6) is 17.2 Å². The lowest BCUT2D eigenvalue weighted by Crippen LogP contribution is -2.51. The lowest BCUT2D eigenvalue weighted by atomic mass is 9.88. The molecule has 3 aromatic rings. The van der Waals surface area contributed by atoms with Gasteiger partial charge in [0.15, 0.2) is 17.4 Å². The number of anilines is 1. The number of benzene rings is 2. The molecule has 35 heavy (non-hydrogen) atoms. The molecule has 0 bridgehead atoms. The largest absolute Gasteiger partial charge is 0.496 e. The molecule has 0 saturated carbocycles. The maximum atomic E-state index is 13.9. The fourth-order valence-electron chi connectivity index (χ4n) is 4.50. The standard InChI is InChI=1S/C25H29N3O7/c1-6-35-24(30)21-22(15-13-19(33-4)20(34-5)14-18(15)32-3)28-17-10-8-7-9-16(17)26-25(28)27(23(21)29)11-12-31-2/h7-10,13-14,21-22H,6,11-12H2,1-5H3/t21-,22+/m0/s1. The van der Waals surface area contributed by atoms with Gasteiger partial charge in [0.05, 0.1) is 58.2 Å². The number of carbonyl (C=O) groups is 2. The Bertz CT molecular complexity index is 1240. The van der Waals surface area contributed by atoms with Crippen LogP contribution in [0.4, 0.5) is 5.95 Å². The summed E-state index contributed by atoms with van der Waals surface area (Å²) in [5, 5.41) is 0. The second-order valence-corrected chi connectivity index (χ2v) is 7.88. The van der Waals surface area contributed by atoms with E-state index in [1.807, 2.05) is 28.8 Å². The lowest BCUT2D eigenvalue weighted by molar-refractivity contribution is -0.153. The summed E-state index contributed by atoms with van der Waals surface area (Å²) >= 11 is 0. The van der Waals surface area contributed by atoms with E-state index in [4.69, 9.17) is 28.7 Å². The van der Waals surface area contributed by atoms with E-state index in [0.29, 0.717) is 34.3 Å². The molecule has 0 radical (unpaired) electrons. The van der Waals surface area contributed by atoms with Gasteiger partial charge in [-0.05, 0) is 25.1 Å². The van der Waals surface area contributed by atoms with Crippen molar-refractivity contribution in [2.45, 2.75) is 13.0 Å². The first-order valence-corrected chi connectivity index (χ1v) is 11.2. The lowest BCUT2D eigenvalue weighted by Gasteiger charge is -2.38. The van der Waals surface area contributed by atoms with Gasteiger partial charge < -0.3 is 28.3 Å². The monoisotopic (exact) mass is 483 g/mol. The molecule has 0 aliphatic carbocycles. The zero-order valence-corrected chi connectivity index (χ0v) is 20.4. The fraction of sp³-hybridized carbons (Fsp3) is 0.400. The quantitative estimate of drug-likeness (QED) is 0.338. The number of nitrogens with zero attached hydrogens (tertiary/aromatic N) is 3. The van der Waals surface area contributed by atoms with Gasteiger partial charge >= 0.3 is 5.97 Å². The number of methoxy groups -OCH3 is 4. The molecule has 0 unspecified atom stereocenters. The predicted octanol–water partition coefficient (Wildman–Crippen LogP) is 2.82. The van der Waals surface area contributed by atoms with Gasteiger partial charge in [-0.2, -0.15) is 0 Å². The summed E-state index contributed by atoms with van der Waals surface area (Å²) in [6.07, 6.45) is 0. The Kier molecular flexibility index (Phi) is 7.11. The van der Waals surface area contributed by atoms with Crippen LogP contribution in [0.15, 0.2) is 36.4 Å². The number of hydrogen-bond acceptors (Lipinski definition) is 8. The Balaban J connectivity index is 2.05. The number of carbonyl (C=O) groups excluding carboxylic acids is 2. The van der Waals surface area contributed by atoms with Gasteiger partial charge in [0.25, 0.3) is 0 Å². The Labute approximate surface area is 203 Å². The first kappa shape index (κ1) is 24.3. The third kappa shape index (κ3) is 4.14. The number of fused-ring (bicyclic) bond motifs is 3. The van der Waals surface area contributed by atoms with Crippen LogP contribution in [-0.4, -0.2) is 69.6 Å². The summed E-state index contributed by atoms with van der Waals surface area (Å²) in [7, 11) is 6.12. The molecule has 0 saturated heterocycles. The van der Waals surface area contributed by atoms with Crippen molar-refractivity contribution in [3.05, 3.63) is 42.0 Å². The minimum absolute atomic E-state index is 0.133. The summed E-state index contributed by atoms with van der Waals surface area (Å²) in [5.74, 6) is -0.509. The van der Waals surface area contributed by atoms with E-state index in [1.165, 1.54) is 26.2 Å². The number of imidazole rings is 1. The molecular formula is C25H29N3O7. The Morgan fingerprint density at radius 3 is 2.34 bits per heavy atom. The molecule has 10 nitrogen and oxygen atoms in total. The van der Waals surface area contributed by atoms with E-state index in [1.54, 1.807) is 26.2 Å². The number of esters is 1. The summed E-state index contributed by atoms with van der Waals surface area (Å²) in [4.78, 5) is 33.4. The molecule has 0 N–H and O–H groups in total. The van der Waals surface area contributed by atoms with Crippen LogP contribution in [0.2, 0.25) is 0 Å². The van der Waals surface area contributed by atoms with Crippen molar-refractivity contribution in [2.75, 3.05) is 53.1 Å². The van der Waals surface area contributed by atoms with Gasteiger partial charge in [0.1, 0.15) is 5.75 Å². The molecule has 10 heteroatoms. The van der Waals surface area contributed by atoms with Crippen molar-refractivity contribution in [2.24, 2.45) is 5.92 Å². The normalized spacial score (nSPS) is 17.3. The van der Waals surface area contributed by atoms with E-state index >= 15 is 0 Å².